The number of benzene rings is 2. The first-order valence-corrected chi connectivity index (χ1v) is 13.9. The van der Waals surface area contributed by atoms with Crippen molar-refractivity contribution in [3.63, 3.8) is 0 Å². The van der Waals surface area contributed by atoms with Crippen molar-refractivity contribution in [2.45, 2.75) is 52.4 Å². The number of rotatable bonds is 7. The molecule has 0 unspecified atom stereocenters. The van der Waals surface area contributed by atoms with Crippen molar-refractivity contribution in [3.8, 4) is 5.69 Å². The van der Waals surface area contributed by atoms with Crippen molar-refractivity contribution in [1.29, 1.82) is 0 Å². The first-order valence-electron chi connectivity index (χ1n) is 12.0. The molecule has 10 heteroatoms. The second kappa shape index (κ2) is 10.5. The fourth-order valence-electron chi connectivity index (χ4n) is 4.30. The van der Waals surface area contributed by atoms with E-state index in [1.165, 1.54) is 6.07 Å². The third-order valence-electron chi connectivity index (χ3n) is 6.19. The summed E-state index contributed by atoms with van der Waals surface area (Å²) in [4.78, 5) is 21.9. The summed E-state index contributed by atoms with van der Waals surface area (Å²) < 4.78 is 29.5. The molecule has 0 bridgehead atoms. The summed E-state index contributed by atoms with van der Waals surface area (Å²) in [5.74, 6) is 0.939. The summed E-state index contributed by atoms with van der Waals surface area (Å²) >= 11 is 6.06. The van der Waals surface area contributed by atoms with E-state index in [0.717, 1.165) is 45.9 Å². The van der Waals surface area contributed by atoms with Gasteiger partial charge in [0.05, 0.1) is 4.90 Å². The monoisotopic (exact) mass is 539 g/mol. The van der Waals surface area contributed by atoms with E-state index < -0.39 is 16.1 Å². The van der Waals surface area contributed by atoms with Crippen LogP contribution in [0.3, 0.4) is 0 Å². The SMILES string of the molecule is CCc1nc2c(C)cc(C)nc2n1-c1ccc(CCNC(=O)NS(=O)(=O)c2cc(C)c(Cl)cc2C)cc1. The number of carbonyl (C=O) groups is 1. The Morgan fingerprint density at radius 1 is 0.973 bits per heavy atom. The predicted molar refractivity (Wildman–Crippen MR) is 146 cm³/mol. The van der Waals surface area contributed by atoms with E-state index in [1.807, 2.05) is 44.2 Å². The second-order valence-corrected chi connectivity index (χ2v) is 11.2. The zero-order valence-corrected chi connectivity index (χ0v) is 23.1. The Bertz CT molecular complexity index is 1600. The lowest BCUT2D eigenvalue weighted by Gasteiger charge is -2.12. The number of sulfonamides is 1. The Labute approximate surface area is 222 Å². The van der Waals surface area contributed by atoms with Crippen LogP contribution in [0.1, 0.15) is 40.7 Å². The molecule has 0 aliphatic heterocycles. The fraction of sp³-hybridized carbons (Fsp3) is 0.296. The van der Waals surface area contributed by atoms with Crippen LogP contribution < -0.4 is 10.0 Å². The molecule has 4 rings (SSSR count). The van der Waals surface area contributed by atoms with Crippen LogP contribution in [0.4, 0.5) is 4.79 Å². The minimum absolute atomic E-state index is 0.0264. The second-order valence-electron chi connectivity index (χ2n) is 9.11. The molecule has 2 heterocycles. The molecule has 0 saturated carbocycles. The first kappa shape index (κ1) is 26.6. The van der Waals surface area contributed by atoms with Gasteiger partial charge in [0.2, 0.25) is 0 Å². The lowest BCUT2D eigenvalue weighted by atomic mass is 10.1. The van der Waals surface area contributed by atoms with Crippen molar-refractivity contribution in [1.82, 2.24) is 24.6 Å². The Morgan fingerprint density at radius 3 is 2.35 bits per heavy atom. The van der Waals surface area contributed by atoms with Crippen LogP contribution in [-0.4, -0.2) is 35.5 Å². The number of halogens is 1. The number of hydrogen-bond donors (Lipinski definition) is 2. The largest absolute Gasteiger partial charge is 0.337 e. The minimum atomic E-state index is -4.02. The van der Waals surface area contributed by atoms with Crippen LogP contribution in [0.25, 0.3) is 16.9 Å². The van der Waals surface area contributed by atoms with E-state index in [0.29, 0.717) is 22.6 Å². The molecule has 0 aliphatic rings. The van der Waals surface area contributed by atoms with E-state index in [9.17, 15) is 13.2 Å². The number of carbonyl (C=O) groups excluding carboxylic acids is 1. The molecule has 194 valence electrons. The van der Waals surface area contributed by atoms with Crippen LogP contribution in [0.5, 0.6) is 0 Å². The number of imidazole rings is 1. The van der Waals surface area contributed by atoms with Crippen molar-refractivity contribution < 1.29 is 13.2 Å². The molecule has 37 heavy (non-hydrogen) atoms. The number of pyridine rings is 1. The van der Waals surface area contributed by atoms with E-state index >= 15 is 0 Å². The maximum atomic E-state index is 12.7. The Balaban J connectivity index is 1.42. The predicted octanol–water partition coefficient (Wildman–Crippen LogP) is 5.10. The van der Waals surface area contributed by atoms with Crippen LogP contribution in [0, 0.1) is 27.7 Å². The van der Waals surface area contributed by atoms with Crippen molar-refractivity contribution in [2.75, 3.05) is 6.54 Å². The van der Waals surface area contributed by atoms with Gasteiger partial charge in [-0.1, -0.05) is 30.7 Å². The number of hydrogen-bond acceptors (Lipinski definition) is 5. The van der Waals surface area contributed by atoms with Gasteiger partial charge in [0.25, 0.3) is 10.0 Å². The molecule has 0 spiro atoms. The van der Waals surface area contributed by atoms with Gasteiger partial charge in [-0.2, -0.15) is 0 Å². The van der Waals surface area contributed by atoms with Gasteiger partial charge in [0.1, 0.15) is 11.3 Å². The van der Waals surface area contributed by atoms with Gasteiger partial charge in [0, 0.05) is 29.4 Å². The summed E-state index contributed by atoms with van der Waals surface area (Å²) in [6.07, 6.45) is 1.31. The van der Waals surface area contributed by atoms with E-state index in [1.54, 1.807) is 19.9 Å². The van der Waals surface area contributed by atoms with Gasteiger partial charge in [0.15, 0.2) is 5.65 Å². The number of aromatic nitrogens is 3. The van der Waals surface area contributed by atoms with Gasteiger partial charge in [-0.3, -0.25) is 4.57 Å². The average Bonchev–Trinajstić information content (AvgIpc) is 3.20. The third-order valence-corrected chi connectivity index (χ3v) is 8.07. The molecule has 0 radical (unpaired) electrons. The summed E-state index contributed by atoms with van der Waals surface area (Å²) in [7, 11) is -4.02. The molecule has 0 saturated heterocycles. The average molecular weight is 540 g/mol. The van der Waals surface area contributed by atoms with Crippen LogP contribution in [0.15, 0.2) is 47.4 Å². The summed E-state index contributed by atoms with van der Waals surface area (Å²) in [6, 6.07) is 12.3. The molecule has 4 aromatic rings. The molecule has 0 aliphatic carbocycles. The van der Waals surface area contributed by atoms with Gasteiger partial charge in [-0.25, -0.2) is 27.9 Å². The van der Waals surface area contributed by atoms with Crippen molar-refractivity contribution in [3.05, 3.63) is 81.3 Å². The van der Waals surface area contributed by atoms with Gasteiger partial charge < -0.3 is 5.32 Å². The third kappa shape index (κ3) is 5.62. The number of nitrogens with one attached hydrogen (secondary N) is 2. The highest BCUT2D eigenvalue weighted by atomic mass is 35.5. The van der Waals surface area contributed by atoms with Gasteiger partial charge >= 0.3 is 6.03 Å². The number of urea groups is 1. The molecular weight excluding hydrogens is 510 g/mol. The quantitative estimate of drug-likeness (QED) is 0.340. The molecule has 2 amide bonds. The standard InChI is InChI=1S/C27H30ClN5O3S/c1-6-24-31-25-18(4)13-19(5)30-26(25)33(24)21-9-7-20(8-10-21)11-12-29-27(34)32-37(35,36)23-15-16(2)22(28)14-17(23)3/h7-10,13-15H,6,11-12H2,1-5H3,(H2,29,32,34). The molecule has 8 nitrogen and oxygen atoms in total. The Kier molecular flexibility index (Phi) is 7.57. The maximum Gasteiger partial charge on any atom is 0.328 e. The van der Waals surface area contributed by atoms with Crippen LogP contribution in [-0.2, 0) is 22.9 Å². The zero-order valence-electron chi connectivity index (χ0n) is 21.5. The summed E-state index contributed by atoms with van der Waals surface area (Å²) in [5.41, 5.74) is 6.83. The van der Waals surface area contributed by atoms with E-state index in [2.05, 4.69) is 21.5 Å². The minimum Gasteiger partial charge on any atom is -0.337 e. The molecule has 2 aromatic heterocycles. The fourth-order valence-corrected chi connectivity index (χ4v) is 5.76. The number of fused-ring (bicyclic) bond motifs is 1. The zero-order chi connectivity index (χ0) is 26.9. The normalized spacial score (nSPS) is 11.6. The smallest absolute Gasteiger partial charge is 0.328 e. The van der Waals surface area contributed by atoms with Gasteiger partial charge in [-0.15, -0.1) is 0 Å². The Morgan fingerprint density at radius 2 is 1.68 bits per heavy atom. The molecule has 2 aromatic carbocycles. The number of aryl methyl sites for hydroxylation is 5. The highest BCUT2D eigenvalue weighted by Gasteiger charge is 2.21. The molecule has 0 atom stereocenters. The molecule has 2 N–H and O–H groups in total. The summed E-state index contributed by atoms with van der Waals surface area (Å²) in [5, 5.41) is 3.09. The lowest BCUT2D eigenvalue weighted by Crippen LogP contribution is -2.40. The molecule has 0 fully saturated rings. The van der Waals surface area contributed by atoms with Crippen LogP contribution >= 0.6 is 11.6 Å². The highest BCUT2D eigenvalue weighted by Crippen LogP contribution is 2.25. The maximum absolute atomic E-state index is 12.7. The number of amides is 2. The van der Waals surface area contributed by atoms with Gasteiger partial charge in [-0.05, 0) is 86.7 Å². The van der Waals surface area contributed by atoms with E-state index in [4.69, 9.17) is 21.6 Å². The topological polar surface area (TPSA) is 106 Å². The Hall–Kier alpha value is -3.43. The van der Waals surface area contributed by atoms with Crippen molar-refractivity contribution in [2.24, 2.45) is 0 Å². The van der Waals surface area contributed by atoms with Crippen LogP contribution in [0.2, 0.25) is 5.02 Å². The summed E-state index contributed by atoms with van der Waals surface area (Å²) in [6.45, 7) is 9.71. The molecular formula is C27H30ClN5O3S. The first-order chi connectivity index (χ1) is 17.5. The van der Waals surface area contributed by atoms with E-state index in [-0.39, 0.29) is 11.4 Å². The highest BCUT2D eigenvalue weighted by molar-refractivity contribution is 7.90. The lowest BCUT2D eigenvalue weighted by molar-refractivity contribution is 0.246. The number of nitrogens with zero attached hydrogens (tertiary/aromatic N) is 3. The van der Waals surface area contributed by atoms with Crippen molar-refractivity contribution >= 4 is 38.8 Å².